The number of aliphatic carboxylic acids is 2. The number of alkyl halides is 6. The fraction of sp³-hybridized carbons (Fsp3) is 0.667. The third kappa shape index (κ3) is 18.0. The summed E-state index contributed by atoms with van der Waals surface area (Å²) in [6.45, 7) is 0.690. The summed E-state index contributed by atoms with van der Waals surface area (Å²) in [5, 5.41) is 29.1. The van der Waals surface area contributed by atoms with Gasteiger partial charge in [0.1, 0.15) is 6.04 Å². The summed E-state index contributed by atoms with van der Waals surface area (Å²) in [5.41, 5.74) is 17.9. The highest BCUT2D eigenvalue weighted by molar-refractivity contribution is 5.89. The van der Waals surface area contributed by atoms with Crippen LogP contribution in [0.1, 0.15) is 19.3 Å². The van der Waals surface area contributed by atoms with Crippen LogP contribution in [0.5, 0.6) is 0 Å². The van der Waals surface area contributed by atoms with E-state index in [1.807, 2.05) is 0 Å². The number of nitrogens with zero attached hydrogens (tertiary/aromatic N) is 2. The molecule has 0 aliphatic carbocycles. The van der Waals surface area contributed by atoms with Crippen LogP contribution in [0.25, 0.3) is 0 Å². The fourth-order valence-electron chi connectivity index (χ4n) is 2.14. The average molecular weight is 558 g/mol. The highest BCUT2D eigenvalue weighted by Crippen LogP contribution is 2.13. The number of carboxylic acid groups (broad SMARTS) is 2. The van der Waals surface area contributed by atoms with Crippen molar-refractivity contribution in [3.63, 3.8) is 0 Å². The lowest BCUT2D eigenvalue weighted by atomic mass is 10.1. The second-order valence-corrected chi connectivity index (χ2v) is 6.80. The number of hydrogen-bond acceptors (Lipinski definition) is 9. The molecule has 0 saturated carbocycles. The third-order valence-corrected chi connectivity index (χ3v) is 3.77. The molecule has 0 spiro atoms. The molecule has 16 nitrogen and oxygen atoms in total. The number of aliphatic imine (C=N–C) groups is 1. The van der Waals surface area contributed by atoms with Crippen molar-refractivity contribution in [3.05, 3.63) is 10.1 Å². The van der Waals surface area contributed by atoms with Crippen LogP contribution in [0.2, 0.25) is 0 Å². The molecule has 1 fully saturated rings. The van der Waals surface area contributed by atoms with Crippen molar-refractivity contribution in [3.8, 4) is 0 Å². The lowest BCUT2D eigenvalue weighted by molar-refractivity contribution is -0.525. The average Bonchev–Trinajstić information content (AvgIpc) is 3.15. The summed E-state index contributed by atoms with van der Waals surface area (Å²) in [6, 6.07) is -1.38. The molecule has 1 saturated heterocycles. The normalized spacial score (nSPS) is 18.2. The number of halogens is 6. The van der Waals surface area contributed by atoms with Gasteiger partial charge in [0.15, 0.2) is 5.03 Å². The maximum atomic E-state index is 12.0. The summed E-state index contributed by atoms with van der Waals surface area (Å²) >= 11 is 0. The van der Waals surface area contributed by atoms with Gasteiger partial charge in [0.2, 0.25) is 11.8 Å². The molecular formula is C15H24F6N8O8. The Hall–Kier alpha value is -3.95. The number of hydrazine groups is 1. The number of rotatable bonds is 8. The number of primary amides is 1. The Labute approximate surface area is 202 Å². The van der Waals surface area contributed by atoms with Crippen LogP contribution in [-0.2, 0) is 19.2 Å². The minimum Gasteiger partial charge on any atom is -0.475 e. The zero-order valence-electron chi connectivity index (χ0n) is 18.5. The zero-order valence-corrected chi connectivity index (χ0v) is 18.5. The van der Waals surface area contributed by atoms with Crippen LogP contribution in [0.15, 0.2) is 4.99 Å². The first-order valence-electron chi connectivity index (χ1n) is 9.58. The van der Waals surface area contributed by atoms with Crippen molar-refractivity contribution in [1.82, 2.24) is 16.1 Å². The predicted octanol–water partition coefficient (Wildman–Crippen LogP) is -2.21. The molecule has 1 aliphatic heterocycles. The van der Waals surface area contributed by atoms with Gasteiger partial charge >= 0.3 is 24.3 Å². The van der Waals surface area contributed by atoms with E-state index in [2.05, 4.69) is 15.6 Å². The summed E-state index contributed by atoms with van der Waals surface area (Å²) < 4.78 is 63.5. The van der Waals surface area contributed by atoms with E-state index in [0.29, 0.717) is 19.4 Å². The molecule has 37 heavy (non-hydrogen) atoms. The number of carbonyl (C=O) groups excluding carboxylic acids is 2. The number of guanidine groups is 1. The van der Waals surface area contributed by atoms with Gasteiger partial charge in [0, 0.05) is 19.1 Å². The number of nitro groups is 1. The predicted molar refractivity (Wildman–Crippen MR) is 109 cm³/mol. The van der Waals surface area contributed by atoms with E-state index >= 15 is 0 Å². The first-order chi connectivity index (χ1) is 16.7. The van der Waals surface area contributed by atoms with Crippen LogP contribution in [0.3, 0.4) is 0 Å². The Bertz CT molecular complexity index is 814. The Morgan fingerprint density at radius 1 is 1.08 bits per heavy atom. The molecule has 0 aromatic heterocycles. The molecular weight excluding hydrogens is 534 g/mol. The summed E-state index contributed by atoms with van der Waals surface area (Å²) in [6.07, 6.45) is -9.06. The van der Waals surface area contributed by atoms with Gasteiger partial charge in [0.25, 0.3) is 5.96 Å². The van der Waals surface area contributed by atoms with Gasteiger partial charge < -0.3 is 38.0 Å². The van der Waals surface area contributed by atoms with Crippen LogP contribution in [-0.4, -0.2) is 88.5 Å². The highest BCUT2D eigenvalue weighted by atomic mass is 19.4. The van der Waals surface area contributed by atoms with Crippen molar-refractivity contribution in [2.75, 3.05) is 13.1 Å². The topological polar surface area (TPSA) is 278 Å². The smallest absolute Gasteiger partial charge is 0.475 e. The molecule has 1 heterocycles. The number of hydrogen-bond donors (Lipinski definition) is 8. The minimum absolute atomic E-state index is 0.0933. The van der Waals surface area contributed by atoms with Crippen LogP contribution >= 0.6 is 0 Å². The molecule has 11 N–H and O–H groups in total. The Kier molecular flexibility index (Phi) is 15.2. The second kappa shape index (κ2) is 15.9. The third-order valence-electron chi connectivity index (χ3n) is 3.77. The number of nitrogens with one attached hydrogen (secondary N) is 3. The van der Waals surface area contributed by atoms with Gasteiger partial charge in [-0.1, -0.05) is 5.43 Å². The van der Waals surface area contributed by atoms with E-state index in [1.54, 1.807) is 5.43 Å². The second-order valence-electron chi connectivity index (χ2n) is 6.80. The van der Waals surface area contributed by atoms with Crippen molar-refractivity contribution in [1.29, 1.82) is 0 Å². The Morgan fingerprint density at radius 3 is 1.86 bits per heavy atom. The van der Waals surface area contributed by atoms with Gasteiger partial charge in [-0.2, -0.15) is 26.3 Å². The molecule has 2 amide bonds. The van der Waals surface area contributed by atoms with Gasteiger partial charge in [0.05, 0.1) is 6.04 Å². The first kappa shape index (κ1) is 35.2. The van der Waals surface area contributed by atoms with Crippen molar-refractivity contribution in [2.45, 2.75) is 49.7 Å². The standard InChI is InChI=1S/C11H22N8O4.2C2HF3O2/c12-6-4-8(16-5-6)10(21)17-7(9(13)20)2-1-3-15-11(14)18-19(22)23;2*3-2(4,5)1(6)7/h6-8,16H,1-5,12H2,(H2,13,20)(H,17,21)(H3,14,15,18);2*(H,6,7)/t6-,7+,8+;;/m0../s1. The van der Waals surface area contributed by atoms with Crippen molar-refractivity contribution >= 4 is 29.7 Å². The van der Waals surface area contributed by atoms with Crippen LogP contribution in [0, 0.1) is 10.1 Å². The van der Waals surface area contributed by atoms with Gasteiger partial charge in [-0.15, -0.1) is 0 Å². The number of carboxylic acids is 2. The molecule has 22 heteroatoms. The SMILES string of the molecule is NC(=O)[C@@H](CCCN=C(N)N[N+](=O)[O-])NC(=O)[C@H]1C[C@H](N)CN1.O=C(O)C(F)(F)F.O=C(O)C(F)(F)F. The van der Waals surface area contributed by atoms with E-state index in [-0.39, 0.29) is 30.9 Å². The van der Waals surface area contributed by atoms with Crippen molar-refractivity contribution < 1.29 is 60.8 Å². The number of carbonyl (C=O) groups is 4. The van der Waals surface area contributed by atoms with E-state index < -0.39 is 47.3 Å². The van der Waals surface area contributed by atoms with Crippen molar-refractivity contribution in [2.24, 2.45) is 22.2 Å². The number of amides is 2. The van der Waals surface area contributed by atoms with E-state index in [9.17, 15) is 46.0 Å². The highest BCUT2D eigenvalue weighted by Gasteiger charge is 2.38. The molecule has 1 rings (SSSR count). The lowest BCUT2D eigenvalue weighted by Crippen LogP contribution is -2.50. The van der Waals surface area contributed by atoms with E-state index in [4.69, 9.17) is 37.0 Å². The maximum Gasteiger partial charge on any atom is 0.490 e. The van der Waals surface area contributed by atoms with E-state index in [0.717, 1.165) is 0 Å². The molecule has 214 valence electrons. The van der Waals surface area contributed by atoms with Crippen LogP contribution < -0.4 is 33.3 Å². The van der Waals surface area contributed by atoms with Gasteiger partial charge in [-0.25, -0.2) is 24.7 Å². The molecule has 0 radical (unpaired) electrons. The summed E-state index contributed by atoms with van der Waals surface area (Å²) in [7, 11) is 0. The molecule has 1 aliphatic rings. The molecule has 0 unspecified atom stereocenters. The fourth-order valence-corrected chi connectivity index (χ4v) is 2.14. The summed E-state index contributed by atoms with van der Waals surface area (Å²) in [4.78, 5) is 55.0. The Morgan fingerprint density at radius 2 is 1.54 bits per heavy atom. The van der Waals surface area contributed by atoms with Gasteiger partial charge in [-0.3, -0.25) is 9.59 Å². The first-order valence-corrected chi connectivity index (χ1v) is 9.58. The molecule has 0 bridgehead atoms. The molecule has 3 atom stereocenters. The lowest BCUT2D eigenvalue weighted by Gasteiger charge is -2.18. The maximum absolute atomic E-state index is 12.0. The summed E-state index contributed by atoms with van der Waals surface area (Å²) in [5.74, 6) is -6.85. The quantitative estimate of drug-likeness (QED) is 0.0393. The minimum atomic E-state index is -5.08. The molecule has 0 aromatic carbocycles. The monoisotopic (exact) mass is 558 g/mol. The zero-order chi connectivity index (χ0) is 29.6. The molecule has 0 aromatic rings. The Balaban J connectivity index is 0. The number of nitrogens with two attached hydrogens (primary N) is 3. The van der Waals surface area contributed by atoms with Gasteiger partial charge in [-0.05, 0) is 19.3 Å². The largest absolute Gasteiger partial charge is 0.490 e. The van der Waals surface area contributed by atoms with E-state index in [1.165, 1.54) is 0 Å². The van der Waals surface area contributed by atoms with Crippen LogP contribution in [0.4, 0.5) is 26.3 Å².